The highest BCUT2D eigenvalue weighted by molar-refractivity contribution is 5.79. The molecule has 0 spiro atoms. The van der Waals surface area contributed by atoms with Crippen LogP contribution in [-0.4, -0.2) is 70.0 Å². The van der Waals surface area contributed by atoms with Gasteiger partial charge < -0.3 is 20.1 Å². The number of guanidine groups is 1. The summed E-state index contributed by atoms with van der Waals surface area (Å²) in [5.41, 5.74) is 1.38. The Kier molecular flexibility index (Phi) is 10.1. The highest BCUT2D eigenvalue weighted by Gasteiger charge is 2.24. The summed E-state index contributed by atoms with van der Waals surface area (Å²) in [5.74, 6) is 0.870. The zero-order valence-corrected chi connectivity index (χ0v) is 16.2. The molecule has 0 saturated carbocycles. The largest absolute Gasteiger partial charge is 0.382 e. The summed E-state index contributed by atoms with van der Waals surface area (Å²) in [7, 11) is 1.68. The van der Waals surface area contributed by atoms with Gasteiger partial charge >= 0.3 is 0 Å². The molecule has 146 valence electrons. The Labute approximate surface area is 158 Å². The first-order valence-electron chi connectivity index (χ1n) is 9.70. The lowest BCUT2D eigenvalue weighted by Crippen LogP contribution is -2.40. The molecule has 1 aliphatic heterocycles. The molecule has 0 radical (unpaired) electrons. The number of likely N-dealkylation sites (tertiary alicyclic amines) is 1. The summed E-state index contributed by atoms with van der Waals surface area (Å²) >= 11 is 0. The van der Waals surface area contributed by atoms with Crippen LogP contribution in [0.1, 0.15) is 25.3 Å². The highest BCUT2D eigenvalue weighted by Crippen LogP contribution is 2.20. The first-order chi connectivity index (χ1) is 12.8. The third kappa shape index (κ3) is 7.72. The summed E-state index contributed by atoms with van der Waals surface area (Å²) in [4.78, 5) is 7.35. The molecule has 1 aromatic rings. The molecule has 6 heteroatoms. The maximum atomic E-state index is 5.49. The van der Waals surface area contributed by atoms with Gasteiger partial charge in [0.05, 0.1) is 26.4 Å². The Morgan fingerprint density at radius 3 is 2.81 bits per heavy atom. The maximum absolute atomic E-state index is 5.49. The smallest absolute Gasteiger partial charge is 0.191 e. The second-order valence-electron chi connectivity index (χ2n) is 6.50. The molecular formula is C20H34N4O2. The first-order valence-corrected chi connectivity index (χ1v) is 9.70. The third-order valence-corrected chi connectivity index (χ3v) is 4.50. The monoisotopic (exact) mass is 362 g/mol. The van der Waals surface area contributed by atoms with Crippen molar-refractivity contribution in [3.05, 3.63) is 35.9 Å². The lowest BCUT2D eigenvalue weighted by Gasteiger charge is -2.23. The summed E-state index contributed by atoms with van der Waals surface area (Å²) in [6.07, 6.45) is 2.47. The molecule has 26 heavy (non-hydrogen) atoms. The predicted molar refractivity (Wildman–Crippen MR) is 107 cm³/mol. The summed E-state index contributed by atoms with van der Waals surface area (Å²) < 4.78 is 10.5. The van der Waals surface area contributed by atoms with Crippen LogP contribution in [0.2, 0.25) is 0 Å². The zero-order valence-electron chi connectivity index (χ0n) is 16.2. The molecule has 1 aromatic carbocycles. The van der Waals surface area contributed by atoms with Gasteiger partial charge in [-0.1, -0.05) is 30.3 Å². The number of rotatable bonds is 11. The molecule has 1 unspecified atom stereocenters. The Balaban J connectivity index is 1.77. The lowest BCUT2D eigenvalue weighted by atomic mass is 10.2. The number of benzene rings is 1. The van der Waals surface area contributed by atoms with Crippen LogP contribution < -0.4 is 10.6 Å². The third-order valence-electron chi connectivity index (χ3n) is 4.50. The fourth-order valence-electron chi connectivity index (χ4n) is 3.15. The van der Waals surface area contributed by atoms with Gasteiger partial charge in [-0.05, 0) is 31.9 Å². The minimum atomic E-state index is 0.517. The van der Waals surface area contributed by atoms with Gasteiger partial charge in [-0.25, -0.2) is 0 Å². The fraction of sp³-hybridized carbons (Fsp3) is 0.650. The van der Waals surface area contributed by atoms with E-state index in [0.717, 1.165) is 38.7 Å². The number of hydrogen-bond acceptors (Lipinski definition) is 4. The molecule has 1 saturated heterocycles. The minimum Gasteiger partial charge on any atom is -0.382 e. The normalized spacial score (nSPS) is 18.2. The molecular weight excluding hydrogens is 328 g/mol. The van der Waals surface area contributed by atoms with Gasteiger partial charge in [-0.15, -0.1) is 0 Å². The second kappa shape index (κ2) is 12.7. The summed E-state index contributed by atoms with van der Waals surface area (Å²) in [5, 5.41) is 6.65. The van der Waals surface area contributed by atoms with E-state index in [1.165, 1.54) is 18.4 Å². The van der Waals surface area contributed by atoms with Crippen molar-refractivity contribution in [2.24, 2.45) is 4.99 Å². The number of nitrogens with one attached hydrogen (secondary N) is 2. The first kappa shape index (κ1) is 20.7. The van der Waals surface area contributed by atoms with E-state index >= 15 is 0 Å². The van der Waals surface area contributed by atoms with Crippen molar-refractivity contribution in [1.29, 1.82) is 0 Å². The summed E-state index contributed by atoms with van der Waals surface area (Å²) in [6.45, 7) is 8.59. The van der Waals surface area contributed by atoms with Crippen molar-refractivity contribution in [3.8, 4) is 0 Å². The number of ether oxygens (including phenoxy) is 2. The van der Waals surface area contributed by atoms with Crippen LogP contribution in [0.5, 0.6) is 0 Å². The van der Waals surface area contributed by atoms with Gasteiger partial charge in [0, 0.05) is 32.8 Å². The van der Waals surface area contributed by atoms with Gasteiger partial charge in [0.25, 0.3) is 0 Å². The molecule has 2 rings (SSSR count). The number of aliphatic imine (C=N–C) groups is 1. The van der Waals surface area contributed by atoms with Crippen LogP contribution in [0.3, 0.4) is 0 Å². The van der Waals surface area contributed by atoms with E-state index in [1.807, 2.05) is 0 Å². The van der Waals surface area contributed by atoms with Crippen LogP contribution in [-0.2, 0) is 16.0 Å². The number of hydrogen-bond donors (Lipinski definition) is 2. The molecule has 6 nitrogen and oxygen atoms in total. The van der Waals surface area contributed by atoms with Gasteiger partial charge in [0.2, 0.25) is 0 Å². The van der Waals surface area contributed by atoms with Gasteiger partial charge in [0.15, 0.2) is 5.96 Å². The molecule has 1 heterocycles. The van der Waals surface area contributed by atoms with Crippen LogP contribution >= 0.6 is 0 Å². The lowest BCUT2D eigenvalue weighted by molar-refractivity contribution is 0.0733. The number of nitrogens with zero attached hydrogens (tertiary/aromatic N) is 2. The second-order valence-corrected chi connectivity index (χ2v) is 6.50. The average molecular weight is 363 g/mol. The number of methoxy groups -OCH3 is 1. The highest BCUT2D eigenvalue weighted by atomic mass is 16.5. The zero-order chi connectivity index (χ0) is 18.5. The van der Waals surface area contributed by atoms with Crippen molar-refractivity contribution in [2.45, 2.75) is 32.4 Å². The Hall–Kier alpha value is -1.63. The molecule has 0 amide bonds. The van der Waals surface area contributed by atoms with Crippen molar-refractivity contribution in [3.63, 3.8) is 0 Å². The molecule has 2 N–H and O–H groups in total. The van der Waals surface area contributed by atoms with Gasteiger partial charge in [-0.3, -0.25) is 9.89 Å². The summed E-state index contributed by atoms with van der Waals surface area (Å²) in [6, 6.07) is 11.2. The Bertz CT molecular complexity index is 510. The molecule has 1 fully saturated rings. The predicted octanol–water partition coefficient (Wildman–Crippen LogP) is 1.87. The standard InChI is InChI=1S/C20H34N4O2/c1-3-21-20(22-11-13-26-15-14-25-2)23-16-19-10-7-12-24(19)17-18-8-5-4-6-9-18/h4-6,8-9,19H,3,7,10-17H2,1-2H3,(H2,21,22,23). The van der Waals surface area contributed by atoms with E-state index in [2.05, 4.69) is 52.8 Å². The van der Waals surface area contributed by atoms with Crippen LogP contribution in [0.15, 0.2) is 35.3 Å². The van der Waals surface area contributed by atoms with Crippen molar-refractivity contribution in [1.82, 2.24) is 15.5 Å². The molecule has 0 aliphatic carbocycles. The SMILES string of the molecule is CCNC(=NCC1CCCN1Cc1ccccc1)NCCOCCOC. The van der Waals surface area contributed by atoms with E-state index in [9.17, 15) is 0 Å². The molecule has 1 aliphatic rings. The van der Waals surface area contributed by atoms with Crippen molar-refractivity contribution < 1.29 is 9.47 Å². The van der Waals surface area contributed by atoms with E-state index in [4.69, 9.17) is 14.5 Å². The molecule has 0 bridgehead atoms. The van der Waals surface area contributed by atoms with E-state index < -0.39 is 0 Å². The van der Waals surface area contributed by atoms with E-state index in [-0.39, 0.29) is 0 Å². The Morgan fingerprint density at radius 2 is 2.04 bits per heavy atom. The quantitative estimate of drug-likeness (QED) is 0.358. The van der Waals surface area contributed by atoms with Crippen LogP contribution in [0.4, 0.5) is 0 Å². The fourth-order valence-corrected chi connectivity index (χ4v) is 3.15. The van der Waals surface area contributed by atoms with Crippen molar-refractivity contribution >= 4 is 5.96 Å². The minimum absolute atomic E-state index is 0.517. The molecule has 0 aromatic heterocycles. The molecule has 1 atom stereocenters. The van der Waals surface area contributed by atoms with Crippen LogP contribution in [0.25, 0.3) is 0 Å². The Morgan fingerprint density at radius 1 is 1.19 bits per heavy atom. The maximum Gasteiger partial charge on any atom is 0.191 e. The van der Waals surface area contributed by atoms with Crippen LogP contribution in [0, 0.1) is 0 Å². The van der Waals surface area contributed by atoms with E-state index in [1.54, 1.807) is 7.11 Å². The average Bonchev–Trinajstić information content (AvgIpc) is 3.10. The topological polar surface area (TPSA) is 58.1 Å². The van der Waals surface area contributed by atoms with Gasteiger partial charge in [-0.2, -0.15) is 0 Å². The van der Waals surface area contributed by atoms with Crippen molar-refractivity contribution in [2.75, 3.05) is 53.1 Å². The van der Waals surface area contributed by atoms with E-state index in [0.29, 0.717) is 25.9 Å². The van der Waals surface area contributed by atoms with Gasteiger partial charge in [0.1, 0.15) is 0 Å².